The van der Waals surface area contributed by atoms with E-state index in [-0.39, 0.29) is 22.4 Å². The summed E-state index contributed by atoms with van der Waals surface area (Å²) in [6, 6.07) is 4.52. The summed E-state index contributed by atoms with van der Waals surface area (Å²) in [5.74, 6) is -5.08. The van der Waals surface area contributed by atoms with Crippen molar-refractivity contribution in [1.82, 2.24) is 9.71 Å². The average Bonchev–Trinajstić information content (AvgIpc) is 3.19. The number of hydrogen-bond donors (Lipinski definition) is 3. The first-order valence-electron chi connectivity index (χ1n) is 7.80. The van der Waals surface area contributed by atoms with Crippen LogP contribution in [0.1, 0.15) is 21.5 Å². The van der Waals surface area contributed by atoms with E-state index < -0.39 is 23.4 Å². The molecule has 5 nitrogen and oxygen atoms in total. The number of aromatic nitrogens is 1. The quantitative estimate of drug-likeness (QED) is 0.385. The molecule has 0 fully saturated rings. The summed E-state index contributed by atoms with van der Waals surface area (Å²) in [7, 11) is 0. The van der Waals surface area contributed by atoms with E-state index in [4.69, 9.17) is 11.6 Å². The van der Waals surface area contributed by atoms with Crippen LogP contribution in [0.5, 0.6) is 0 Å². The third kappa shape index (κ3) is 3.68. The normalized spacial score (nSPS) is 15.6. The predicted molar refractivity (Wildman–Crippen MR) is 103 cm³/mol. The Labute approximate surface area is 170 Å². The van der Waals surface area contributed by atoms with Crippen LogP contribution in [0.4, 0.5) is 24.5 Å². The van der Waals surface area contributed by atoms with E-state index in [0.29, 0.717) is 22.7 Å². The van der Waals surface area contributed by atoms with Gasteiger partial charge in [0.25, 0.3) is 5.91 Å². The van der Waals surface area contributed by atoms with Crippen LogP contribution < -0.4 is 15.4 Å². The van der Waals surface area contributed by atoms with Gasteiger partial charge in [-0.1, -0.05) is 11.6 Å². The number of halogens is 4. The molecule has 2 heterocycles. The third-order valence-corrected chi connectivity index (χ3v) is 5.90. The Hall–Kier alpha value is -2.27. The minimum Gasteiger partial charge on any atom is -0.362 e. The molecule has 1 aliphatic rings. The molecule has 3 aromatic rings. The molecule has 144 valence electrons. The zero-order chi connectivity index (χ0) is 19.8. The highest BCUT2D eigenvalue weighted by molar-refractivity contribution is 7.97. The summed E-state index contributed by atoms with van der Waals surface area (Å²) in [4.78, 5) is 17.4. The van der Waals surface area contributed by atoms with Gasteiger partial charge in [0.2, 0.25) is 0 Å². The number of carbonyl (C=O) groups is 1. The van der Waals surface area contributed by atoms with Gasteiger partial charge in [0.1, 0.15) is 11.2 Å². The van der Waals surface area contributed by atoms with Gasteiger partial charge < -0.3 is 10.6 Å². The Kier molecular flexibility index (Phi) is 5.19. The molecular weight excluding hydrogens is 433 g/mol. The number of thiazole rings is 1. The van der Waals surface area contributed by atoms with Gasteiger partial charge in [0.05, 0.1) is 16.3 Å². The molecule has 0 bridgehead atoms. The second kappa shape index (κ2) is 7.63. The number of hydrogen-bond acceptors (Lipinski definition) is 6. The molecule has 1 aliphatic heterocycles. The fraction of sp³-hybridized carbons (Fsp3) is 0.0588. The number of amides is 1. The molecule has 4 rings (SSSR count). The molecule has 28 heavy (non-hydrogen) atoms. The van der Waals surface area contributed by atoms with Crippen LogP contribution in [0.25, 0.3) is 0 Å². The van der Waals surface area contributed by atoms with E-state index in [1.807, 2.05) is 5.38 Å². The van der Waals surface area contributed by atoms with Gasteiger partial charge in [0.15, 0.2) is 17.5 Å². The molecule has 1 amide bonds. The number of rotatable bonds is 3. The van der Waals surface area contributed by atoms with Crippen molar-refractivity contribution in [3.8, 4) is 0 Å². The number of anilines is 2. The smallest absolute Gasteiger partial charge is 0.257 e. The Morgan fingerprint density at radius 2 is 1.93 bits per heavy atom. The lowest BCUT2D eigenvalue weighted by molar-refractivity contribution is 0.102. The van der Waals surface area contributed by atoms with Crippen LogP contribution in [0.3, 0.4) is 0 Å². The van der Waals surface area contributed by atoms with E-state index in [1.54, 1.807) is 18.3 Å². The monoisotopic (exact) mass is 442 g/mol. The van der Waals surface area contributed by atoms with Gasteiger partial charge in [-0.05, 0) is 24.1 Å². The molecule has 1 atom stereocenters. The molecule has 0 aliphatic carbocycles. The van der Waals surface area contributed by atoms with Crippen LogP contribution in [0.15, 0.2) is 40.7 Å². The van der Waals surface area contributed by atoms with Crippen LogP contribution in [0, 0.1) is 17.5 Å². The maximum Gasteiger partial charge on any atom is 0.257 e. The Balaban J connectivity index is 1.57. The zero-order valence-corrected chi connectivity index (χ0v) is 16.1. The SMILES string of the molecule is O=C(Nc1cc(F)c(F)c(F)c1)c1cc2c(cc1Cl)NC(c1nccs1)NS2. The van der Waals surface area contributed by atoms with E-state index in [0.717, 1.165) is 5.01 Å². The molecule has 2 aromatic carbocycles. The summed E-state index contributed by atoms with van der Waals surface area (Å²) in [6.45, 7) is 0. The van der Waals surface area contributed by atoms with Crippen LogP contribution in [-0.4, -0.2) is 10.9 Å². The Bertz CT molecular complexity index is 1040. The summed E-state index contributed by atoms with van der Waals surface area (Å²) in [5.41, 5.74) is 0.599. The highest BCUT2D eigenvalue weighted by Gasteiger charge is 2.24. The van der Waals surface area contributed by atoms with Crippen molar-refractivity contribution in [2.75, 3.05) is 10.6 Å². The first-order valence-corrected chi connectivity index (χ1v) is 9.87. The average molecular weight is 443 g/mol. The third-order valence-electron chi connectivity index (χ3n) is 3.84. The summed E-state index contributed by atoms with van der Waals surface area (Å²) in [5, 5.41) is 8.40. The molecule has 11 heteroatoms. The lowest BCUT2D eigenvalue weighted by atomic mass is 10.1. The van der Waals surface area contributed by atoms with Crippen LogP contribution >= 0.6 is 34.9 Å². The van der Waals surface area contributed by atoms with Crippen LogP contribution in [0.2, 0.25) is 5.02 Å². The molecule has 1 unspecified atom stereocenters. The number of fused-ring (bicyclic) bond motifs is 1. The first-order chi connectivity index (χ1) is 13.4. The van der Waals surface area contributed by atoms with Crippen molar-refractivity contribution in [3.05, 3.63) is 68.9 Å². The van der Waals surface area contributed by atoms with Crippen molar-refractivity contribution in [1.29, 1.82) is 0 Å². The predicted octanol–water partition coefficient (Wildman–Crippen LogP) is 5.19. The lowest BCUT2D eigenvalue weighted by Crippen LogP contribution is -2.27. The van der Waals surface area contributed by atoms with E-state index in [1.165, 1.54) is 23.3 Å². The number of nitrogens with one attached hydrogen (secondary N) is 3. The van der Waals surface area contributed by atoms with Crippen molar-refractivity contribution >= 4 is 52.2 Å². The van der Waals surface area contributed by atoms with E-state index in [9.17, 15) is 18.0 Å². The number of nitrogens with zero attached hydrogens (tertiary/aromatic N) is 1. The van der Waals surface area contributed by atoms with Gasteiger partial charge in [-0.3, -0.25) is 4.79 Å². The summed E-state index contributed by atoms with van der Waals surface area (Å²) in [6.07, 6.45) is 1.49. The summed E-state index contributed by atoms with van der Waals surface area (Å²) >= 11 is 9.01. The first kappa shape index (κ1) is 19.1. The van der Waals surface area contributed by atoms with Gasteiger partial charge in [-0.2, -0.15) is 0 Å². The largest absolute Gasteiger partial charge is 0.362 e. The van der Waals surface area contributed by atoms with Crippen LogP contribution in [-0.2, 0) is 0 Å². The Morgan fingerprint density at radius 3 is 2.61 bits per heavy atom. The zero-order valence-electron chi connectivity index (χ0n) is 13.7. The maximum absolute atomic E-state index is 13.3. The minimum atomic E-state index is -1.60. The second-order valence-corrected chi connectivity index (χ2v) is 7.92. The second-order valence-electron chi connectivity index (χ2n) is 5.70. The van der Waals surface area contributed by atoms with Gasteiger partial charge in [0, 0.05) is 34.3 Å². The molecular formula is C17H10ClF3N4OS2. The number of benzene rings is 2. The fourth-order valence-electron chi connectivity index (χ4n) is 2.55. The van der Waals surface area contributed by atoms with Crippen molar-refractivity contribution < 1.29 is 18.0 Å². The standard InChI is InChI=1S/C17H10ClF3N4OS2/c18-9-6-12-13(28-25-15(24-12)17-22-1-2-27-17)5-8(9)16(26)23-7-3-10(19)14(21)11(20)4-7/h1-6,15,24-25H,(H,23,26). The van der Waals surface area contributed by atoms with Crippen molar-refractivity contribution in [3.63, 3.8) is 0 Å². The molecule has 0 radical (unpaired) electrons. The topological polar surface area (TPSA) is 66.0 Å². The van der Waals surface area contributed by atoms with E-state index in [2.05, 4.69) is 20.3 Å². The lowest BCUT2D eigenvalue weighted by Gasteiger charge is -2.26. The fourth-order valence-corrected chi connectivity index (χ4v) is 4.33. The molecule has 0 saturated carbocycles. The van der Waals surface area contributed by atoms with Gasteiger partial charge in [-0.25, -0.2) is 22.9 Å². The number of carbonyl (C=O) groups excluding carboxylic acids is 1. The highest BCUT2D eigenvalue weighted by atomic mass is 35.5. The molecule has 0 spiro atoms. The maximum atomic E-state index is 13.3. The van der Waals surface area contributed by atoms with Gasteiger partial charge >= 0.3 is 0 Å². The molecule has 3 N–H and O–H groups in total. The minimum absolute atomic E-state index is 0.106. The van der Waals surface area contributed by atoms with Gasteiger partial charge in [-0.15, -0.1) is 11.3 Å². The molecule has 0 saturated heterocycles. The van der Waals surface area contributed by atoms with Crippen molar-refractivity contribution in [2.45, 2.75) is 11.1 Å². The van der Waals surface area contributed by atoms with E-state index >= 15 is 0 Å². The van der Waals surface area contributed by atoms with Crippen molar-refractivity contribution in [2.24, 2.45) is 0 Å². The Morgan fingerprint density at radius 1 is 1.18 bits per heavy atom. The highest BCUT2D eigenvalue weighted by Crippen LogP contribution is 2.38. The summed E-state index contributed by atoms with van der Waals surface area (Å²) < 4.78 is 42.9. The molecule has 1 aromatic heterocycles.